The second-order valence-corrected chi connectivity index (χ2v) is 10.2. The van der Waals surface area contributed by atoms with E-state index in [4.69, 9.17) is 30.4 Å². The van der Waals surface area contributed by atoms with Crippen LogP contribution in [0, 0.1) is 5.92 Å². The molecule has 15 nitrogen and oxygen atoms in total. The number of nitrogens with two attached hydrogens (primary N) is 1. The first-order chi connectivity index (χ1) is 18.4. The molecule has 1 aliphatic rings. The number of aliphatic hydroxyl groups excluding tert-OH is 1. The summed E-state index contributed by atoms with van der Waals surface area (Å²) in [4.78, 5) is 30.4. The number of aliphatic hydroxyl groups is 1. The van der Waals surface area contributed by atoms with E-state index in [1.54, 1.807) is 24.3 Å². The zero-order chi connectivity index (χ0) is 29.2. The number of carbonyl (C=O) groups excluding carboxylic acids is 1. The first kappa shape index (κ1) is 31.6. The van der Waals surface area contributed by atoms with Gasteiger partial charge in [-0.2, -0.15) is 4.98 Å². The van der Waals surface area contributed by atoms with Crippen LogP contribution in [0.5, 0.6) is 5.75 Å². The number of carbonyl (C=O) groups is 1. The molecule has 3 rings (SSSR count). The summed E-state index contributed by atoms with van der Waals surface area (Å²) in [7, 11) is -2.52. The highest BCUT2D eigenvalue weighted by Gasteiger charge is 2.55. The van der Waals surface area contributed by atoms with Crippen LogP contribution in [0.25, 0.3) is 10.4 Å². The molecule has 212 valence electrons. The maximum atomic E-state index is 12.2. The zero-order valence-corrected chi connectivity index (χ0v) is 22.8. The predicted octanol–water partition coefficient (Wildman–Crippen LogP) is 2.40. The fraction of sp³-hybridized carbons (Fsp3) is 0.522. The molecule has 0 spiro atoms. The lowest BCUT2D eigenvalue weighted by molar-refractivity contribution is -0.146. The number of phenols is 1. The minimum atomic E-state index is -2.52. The topological polar surface area (TPSA) is 224 Å². The molecule has 1 fully saturated rings. The Kier molecular flexibility index (Phi) is 11.8. The Balaban J connectivity index is 0.000000658. The normalized spacial score (nSPS) is 23.2. The van der Waals surface area contributed by atoms with Crippen LogP contribution in [-0.2, 0) is 23.4 Å². The number of nitrogens with zero attached hydrogens (tertiary/aromatic N) is 5. The van der Waals surface area contributed by atoms with Gasteiger partial charge in [0.1, 0.15) is 35.9 Å². The van der Waals surface area contributed by atoms with E-state index in [0.717, 1.165) is 4.57 Å². The summed E-state index contributed by atoms with van der Waals surface area (Å²) in [6.07, 6.45) is -2.45. The molecule has 1 saturated heterocycles. The van der Waals surface area contributed by atoms with E-state index >= 15 is 0 Å². The van der Waals surface area contributed by atoms with Crippen molar-refractivity contribution < 1.29 is 33.6 Å². The molecule has 2 heterocycles. The van der Waals surface area contributed by atoms with E-state index in [1.165, 1.54) is 26.1 Å². The van der Waals surface area contributed by atoms with Gasteiger partial charge in [-0.3, -0.25) is 9.36 Å². The molecule has 16 heteroatoms. The van der Waals surface area contributed by atoms with Gasteiger partial charge in [0.05, 0.1) is 12.7 Å². The van der Waals surface area contributed by atoms with Gasteiger partial charge in [-0.05, 0) is 48.1 Å². The molecule has 5 N–H and O–H groups in total. The van der Waals surface area contributed by atoms with Crippen LogP contribution in [0.1, 0.15) is 33.9 Å². The SMILES string of the molecule is CC(C)COC(=O)[C@H](C)N[P+](=O)OC[C@H]1O[C@@H](n2ccc(N)nc2=O)[C@](C)(N=[N+]=[N-])[C@@H]1O.Oc1ccccc1. The Labute approximate surface area is 225 Å². The van der Waals surface area contributed by atoms with Gasteiger partial charge >= 0.3 is 19.8 Å². The molecule has 2 aromatic rings. The first-order valence-corrected chi connectivity index (χ1v) is 13.1. The smallest absolute Gasteiger partial charge is 0.508 e. The number of phenolic OH excluding ortho intramolecular Hbond substituents is 1. The van der Waals surface area contributed by atoms with Crippen molar-refractivity contribution >= 4 is 20.0 Å². The number of aromatic hydroxyl groups is 1. The number of nitrogens with one attached hydrogen (secondary N) is 1. The molecule has 1 aliphatic heterocycles. The number of hydrogen-bond acceptors (Lipinski definition) is 11. The molecule has 0 amide bonds. The predicted molar refractivity (Wildman–Crippen MR) is 140 cm³/mol. The number of anilines is 1. The number of nitrogen functional groups attached to an aromatic ring is 1. The van der Waals surface area contributed by atoms with Gasteiger partial charge in [0.15, 0.2) is 6.23 Å². The Hall–Kier alpha value is -3.58. The third kappa shape index (κ3) is 8.99. The van der Waals surface area contributed by atoms with E-state index in [9.17, 15) is 19.3 Å². The van der Waals surface area contributed by atoms with Crippen LogP contribution in [-0.4, -0.2) is 62.7 Å². The number of para-hydroxylation sites is 1. The summed E-state index contributed by atoms with van der Waals surface area (Å²) in [5.41, 5.74) is 12.1. The number of aromatic nitrogens is 2. The van der Waals surface area contributed by atoms with Crippen LogP contribution in [0.15, 0.2) is 52.5 Å². The van der Waals surface area contributed by atoms with Gasteiger partial charge in [0, 0.05) is 11.1 Å². The number of rotatable bonds is 10. The fourth-order valence-corrected chi connectivity index (χ4v) is 4.16. The van der Waals surface area contributed by atoms with Gasteiger partial charge in [-0.1, -0.05) is 42.2 Å². The second-order valence-electron chi connectivity index (χ2n) is 9.19. The molecule has 1 unspecified atom stereocenters. The monoisotopic (exact) mass is 566 g/mol. The van der Waals surface area contributed by atoms with Crippen molar-refractivity contribution in [3.8, 4) is 5.75 Å². The maximum Gasteiger partial charge on any atom is 0.613 e. The minimum absolute atomic E-state index is 0.0146. The van der Waals surface area contributed by atoms with Crippen LogP contribution < -0.4 is 16.5 Å². The third-order valence-electron chi connectivity index (χ3n) is 5.44. The average Bonchev–Trinajstić information content (AvgIpc) is 3.12. The summed E-state index contributed by atoms with van der Waals surface area (Å²) in [6, 6.07) is 9.16. The summed E-state index contributed by atoms with van der Waals surface area (Å²) in [5, 5.41) is 25.4. The summed E-state index contributed by atoms with van der Waals surface area (Å²) < 4.78 is 29.2. The van der Waals surface area contributed by atoms with Crippen molar-refractivity contribution in [2.45, 2.75) is 57.7 Å². The Morgan fingerprint density at radius 3 is 2.56 bits per heavy atom. The van der Waals surface area contributed by atoms with Crippen molar-refractivity contribution in [3.63, 3.8) is 0 Å². The largest absolute Gasteiger partial charge is 0.613 e. The lowest BCUT2D eigenvalue weighted by Gasteiger charge is -2.27. The molecule has 6 atom stereocenters. The highest BCUT2D eigenvalue weighted by molar-refractivity contribution is 7.36. The molecular formula is C23H33N7O8P+. The van der Waals surface area contributed by atoms with Crippen molar-refractivity contribution in [3.05, 3.63) is 63.5 Å². The fourth-order valence-electron chi connectivity index (χ4n) is 3.38. The first-order valence-electron chi connectivity index (χ1n) is 11.9. The molecule has 1 aromatic carbocycles. The summed E-state index contributed by atoms with van der Waals surface area (Å²) in [6.45, 7) is 6.47. The number of hydrogen-bond donors (Lipinski definition) is 4. The Morgan fingerprint density at radius 2 is 2.03 bits per heavy atom. The summed E-state index contributed by atoms with van der Waals surface area (Å²) in [5.74, 6) is -0.130. The van der Waals surface area contributed by atoms with Gasteiger partial charge in [-0.25, -0.2) is 4.79 Å². The van der Waals surface area contributed by atoms with Crippen molar-refractivity contribution in [2.75, 3.05) is 18.9 Å². The maximum absolute atomic E-state index is 12.2. The summed E-state index contributed by atoms with van der Waals surface area (Å²) >= 11 is 0. The highest BCUT2D eigenvalue weighted by atomic mass is 31.1. The number of ether oxygens (including phenoxy) is 2. The van der Waals surface area contributed by atoms with E-state index in [2.05, 4.69) is 20.1 Å². The van der Waals surface area contributed by atoms with Crippen LogP contribution in [0.4, 0.5) is 5.82 Å². The number of azide groups is 1. The van der Waals surface area contributed by atoms with Crippen molar-refractivity contribution in [1.82, 2.24) is 14.6 Å². The van der Waals surface area contributed by atoms with Crippen LogP contribution >= 0.6 is 8.18 Å². The van der Waals surface area contributed by atoms with E-state index in [0.29, 0.717) is 5.75 Å². The average molecular weight is 567 g/mol. The number of esters is 1. The van der Waals surface area contributed by atoms with Crippen molar-refractivity contribution in [2.24, 2.45) is 11.0 Å². The van der Waals surface area contributed by atoms with Crippen molar-refractivity contribution in [1.29, 1.82) is 0 Å². The molecule has 39 heavy (non-hydrogen) atoms. The quantitative estimate of drug-likeness (QED) is 0.107. The molecule has 0 radical (unpaired) electrons. The molecule has 0 bridgehead atoms. The third-order valence-corrected chi connectivity index (χ3v) is 6.42. The molecule has 1 aromatic heterocycles. The lowest BCUT2D eigenvalue weighted by atomic mass is 9.93. The Bertz CT molecular complexity index is 1220. The van der Waals surface area contributed by atoms with Gasteiger partial charge < -0.3 is 25.4 Å². The highest BCUT2D eigenvalue weighted by Crippen LogP contribution is 2.41. The van der Waals surface area contributed by atoms with E-state index < -0.39 is 49.9 Å². The second kappa shape index (κ2) is 14.5. The lowest BCUT2D eigenvalue weighted by Crippen LogP contribution is -2.44. The molecule has 0 aliphatic carbocycles. The van der Waals surface area contributed by atoms with Crippen LogP contribution in [0.2, 0.25) is 0 Å². The standard InChI is InChI=1S/C17H26N7O7P.C6H6O/c1-9(2)7-29-14(26)10(3)21-32(28)30-8-11-13(25)17(4,22-23-19)15(31-11)24-6-5-12(18)20-16(24)27;7-6-4-2-1-3-5-6/h5-6,9-11,13,15,25H,7-8H2,1-4H3,(H2-,18,20,21,27,28);1-5,7H/p+1/t10-,11+,13+,15+,17+;/m0./s1. The van der Waals surface area contributed by atoms with E-state index in [1.807, 2.05) is 19.9 Å². The van der Waals surface area contributed by atoms with Gasteiger partial charge in [0.2, 0.25) is 0 Å². The molecule has 0 saturated carbocycles. The number of benzene rings is 1. The van der Waals surface area contributed by atoms with Gasteiger partial charge in [-0.15, -0.1) is 4.52 Å². The van der Waals surface area contributed by atoms with E-state index in [-0.39, 0.29) is 24.9 Å². The van der Waals surface area contributed by atoms with Gasteiger partial charge in [0.25, 0.3) is 0 Å². The molecular weight excluding hydrogens is 533 g/mol. The zero-order valence-electron chi connectivity index (χ0n) is 21.9. The minimum Gasteiger partial charge on any atom is -0.508 e. The van der Waals surface area contributed by atoms with Crippen LogP contribution in [0.3, 0.4) is 0 Å². The Morgan fingerprint density at radius 1 is 1.36 bits per heavy atom.